The van der Waals surface area contributed by atoms with Gasteiger partial charge in [0.1, 0.15) is 0 Å². The Balaban J connectivity index is 0.00000112. The van der Waals surface area contributed by atoms with Crippen LogP contribution in [0.2, 0.25) is 0 Å². The Kier molecular flexibility index (Phi) is 5.54. The molecule has 1 fully saturated rings. The van der Waals surface area contributed by atoms with Crippen molar-refractivity contribution in [2.24, 2.45) is 11.8 Å². The van der Waals surface area contributed by atoms with Gasteiger partial charge >= 0.3 is 26.2 Å². The normalized spacial score (nSPS) is 25.4. The molecule has 1 aromatic carbocycles. The SMILES string of the molecule is [CH2-][C@H]1CCC[C@H]1[C-]=Cc1ccccc1.[Zr+2]. The molecule has 0 unspecified atom stereocenters. The van der Waals surface area contributed by atoms with Gasteiger partial charge in [0.25, 0.3) is 0 Å². The summed E-state index contributed by atoms with van der Waals surface area (Å²) in [6.07, 6.45) is 9.41. The average molecular weight is 276 g/mol. The first-order valence-electron chi connectivity index (χ1n) is 5.33. The van der Waals surface area contributed by atoms with Crippen LogP contribution in [0.25, 0.3) is 6.08 Å². The van der Waals surface area contributed by atoms with Gasteiger partial charge in [0.15, 0.2) is 0 Å². The Morgan fingerprint density at radius 2 is 1.93 bits per heavy atom. The number of rotatable bonds is 2. The van der Waals surface area contributed by atoms with E-state index >= 15 is 0 Å². The van der Waals surface area contributed by atoms with Gasteiger partial charge in [0, 0.05) is 0 Å². The van der Waals surface area contributed by atoms with Crippen molar-refractivity contribution in [3.63, 3.8) is 0 Å². The maximum absolute atomic E-state index is 4.15. The maximum atomic E-state index is 4.15. The van der Waals surface area contributed by atoms with E-state index in [2.05, 4.69) is 43.3 Å². The van der Waals surface area contributed by atoms with Crippen LogP contribution < -0.4 is 0 Å². The summed E-state index contributed by atoms with van der Waals surface area (Å²) in [6, 6.07) is 10.4. The largest absolute Gasteiger partial charge is 2.00 e. The topological polar surface area (TPSA) is 0 Å². The van der Waals surface area contributed by atoms with Crippen LogP contribution in [0.3, 0.4) is 0 Å². The second-order valence-electron chi connectivity index (χ2n) is 4.02. The van der Waals surface area contributed by atoms with Gasteiger partial charge in [0.2, 0.25) is 0 Å². The third kappa shape index (κ3) is 3.72. The summed E-state index contributed by atoms with van der Waals surface area (Å²) < 4.78 is 0. The zero-order valence-corrected chi connectivity index (χ0v) is 11.4. The summed E-state index contributed by atoms with van der Waals surface area (Å²) in [4.78, 5) is 0. The molecule has 0 bridgehead atoms. The molecule has 0 saturated heterocycles. The van der Waals surface area contributed by atoms with Crippen molar-refractivity contribution >= 4 is 6.08 Å². The van der Waals surface area contributed by atoms with E-state index in [4.69, 9.17) is 0 Å². The molecule has 15 heavy (non-hydrogen) atoms. The van der Waals surface area contributed by atoms with Crippen LogP contribution in [0, 0.1) is 24.8 Å². The standard InChI is InChI=1S/C14H16.Zr/c1-12-6-5-9-14(12)11-10-13-7-3-2-4-8-13;/h2-4,7-8,10,12,14H,1,5-6,9H2;/q-2;+2/t12-,14-;/m0./s1. The van der Waals surface area contributed by atoms with E-state index in [-0.39, 0.29) is 26.2 Å². The number of hydrogen-bond donors (Lipinski definition) is 0. The molecule has 0 radical (unpaired) electrons. The van der Waals surface area contributed by atoms with Gasteiger partial charge in [-0.2, -0.15) is 11.5 Å². The smallest absolute Gasteiger partial charge is 0.341 e. The Bertz CT molecular complexity index is 302. The first kappa shape index (κ1) is 12.9. The summed E-state index contributed by atoms with van der Waals surface area (Å²) in [5.74, 6) is 1.16. The first-order valence-corrected chi connectivity index (χ1v) is 5.33. The minimum atomic E-state index is 0. The van der Waals surface area contributed by atoms with Gasteiger partial charge < -0.3 is 6.92 Å². The summed E-state index contributed by atoms with van der Waals surface area (Å²) in [7, 11) is 0. The fourth-order valence-corrected chi connectivity index (χ4v) is 2.01. The predicted molar refractivity (Wildman–Crippen MR) is 60.3 cm³/mol. The molecule has 1 aromatic rings. The van der Waals surface area contributed by atoms with Crippen molar-refractivity contribution in [3.8, 4) is 0 Å². The van der Waals surface area contributed by atoms with Gasteiger partial charge in [-0.25, -0.2) is 6.08 Å². The second kappa shape index (κ2) is 6.43. The molecule has 0 amide bonds. The molecular formula is C14H16Zr. The molecule has 1 aliphatic rings. The number of allylic oxidation sites excluding steroid dienone is 1. The Morgan fingerprint density at radius 1 is 1.20 bits per heavy atom. The van der Waals surface area contributed by atoms with Crippen LogP contribution in [0.5, 0.6) is 0 Å². The van der Waals surface area contributed by atoms with E-state index in [9.17, 15) is 0 Å². The third-order valence-electron chi connectivity index (χ3n) is 2.92. The molecule has 0 spiro atoms. The van der Waals surface area contributed by atoms with Crippen LogP contribution in [-0.2, 0) is 26.2 Å². The van der Waals surface area contributed by atoms with Gasteiger partial charge in [0.05, 0.1) is 0 Å². The van der Waals surface area contributed by atoms with E-state index in [0.29, 0.717) is 11.8 Å². The first-order chi connectivity index (χ1) is 6.86. The fraction of sp³-hybridized carbons (Fsp3) is 0.357. The van der Waals surface area contributed by atoms with Gasteiger partial charge in [-0.3, -0.25) is 6.08 Å². The van der Waals surface area contributed by atoms with Crippen LogP contribution in [0.4, 0.5) is 0 Å². The van der Waals surface area contributed by atoms with Crippen molar-refractivity contribution in [3.05, 3.63) is 48.9 Å². The van der Waals surface area contributed by atoms with Gasteiger partial charge in [-0.1, -0.05) is 37.5 Å². The van der Waals surface area contributed by atoms with Crippen molar-refractivity contribution in [1.82, 2.24) is 0 Å². The van der Waals surface area contributed by atoms with Crippen LogP contribution in [-0.4, -0.2) is 0 Å². The average Bonchev–Trinajstić information content (AvgIpc) is 2.63. The Labute approximate surface area is 112 Å². The molecule has 76 valence electrons. The molecule has 1 heteroatoms. The van der Waals surface area contributed by atoms with Crippen LogP contribution in [0.15, 0.2) is 30.3 Å². The minimum Gasteiger partial charge on any atom is -0.341 e. The second-order valence-corrected chi connectivity index (χ2v) is 4.02. The van der Waals surface area contributed by atoms with Crippen molar-refractivity contribution in [1.29, 1.82) is 0 Å². The van der Waals surface area contributed by atoms with Crippen molar-refractivity contribution in [2.75, 3.05) is 0 Å². The molecule has 0 aromatic heterocycles. The molecule has 1 aliphatic carbocycles. The van der Waals surface area contributed by atoms with Crippen molar-refractivity contribution < 1.29 is 26.2 Å². The summed E-state index contributed by atoms with van der Waals surface area (Å²) in [5, 5.41) is 0. The molecule has 0 heterocycles. The zero-order chi connectivity index (χ0) is 9.80. The van der Waals surface area contributed by atoms with E-state index in [1.807, 2.05) is 6.07 Å². The minimum absolute atomic E-state index is 0. The predicted octanol–water partition coefficient (Wildman–Crippen LogP) is 3.75. The number of benzene rings is 1. The van der Waals surface area contributed by atoms with Crippen LogP contribution in [0.1, 0.15) is 24.8 Å². The summed E-state index contributed by atoms with van der Waals surface area (Å²) in [6.45, 7) is 4.15. The summed E-state index contributed by atoms with van der Waals surface area (Å²) >= 11 is 0. The molecule has 2 rings (SSSR count). The molecule has 0 N–H and O–H groups in total. The fourth-order valence-electron chi connectivity index (χ4n) is 2.01. The summed E-state index contributed by atoms with van der Waals surface area (Å²) in [5.41, 5.74) is 1.24. The molecular weight excluding hydrogens is 259 g/mol. The quantitative estimate of drug-likeness (QED) is 0.721. The number of hydrogen-bond acceptors (Lipinski definition) is 0. The monoisotopic (exact) mass is 274 g/mol. The van der Waals surface area contributed by atoms with Gasteiger partial charge in [-0.05, 0) is 0 Å². The third-order valence-corrected chi connectivity index (χ3v) is 2.92. The van der Waals surface area contributed by atoms with E-state index in [1.165, 1.54) is 24.8 Å². The van der Waals surface area contributed by atoms with E-state index in [0.717, 1.165) is 0 Å². The van der Waals surface area contributed by atoms with E-state index in [1.54, 1.807) is 0 Å². The zero-order valence-electron chi connectivity index (χ0n) is 8.95. The Morgan fingerprint density at radius 3 is 2.53 bits per heavy atom. The molecule has 0 aliphatic heterocycles. The maximum Gasteiger partial charge on any atom is 2.00 e. The molecule has 2 atom stereocenters. The van der Waals surface area contributed by atoms with Crippen molar-refractivity contribution in [2.45, 2.75) is 19.3 Å². The van der Waals surface area contributed by atoms with E-state index < -0.39 is 0 Å². The van der Waals surface area contributed by atoms with Gasteiger partial charge in [-0.15, -0.1) is 18.1 Å². The molecule has 1 saturated carbocycles. The Hall–Kier alpha value is -0.157. The van der Waals surface area contributed by atoms with Crippen LogP contribution >= 0.6 is 0 Å². The molecule has 0 nitrogen and oxygen atoms in total.